The summed E-state index contributed by atoms with van der Waals surface area (Å²) in [5, 5.41) is 6.79. The first kappa shape index (κ1) is 17.6. The minimum atomic E-state index is -0.281. The number of rotatable bonds is 5. The Balaban J connectivity index is 1.75. The van der Waals surface area contributed by atoms with Gasteiger partial charge in [0, 0.05) is 50.4 Å². The van der Waals surface area contributed by atoms with E-state index < -0.39 is 0 Å². The first-order chi connectivity index (χ1) is 12.1. The number of anilines is 1. The van der Waals surface area contributed by atoms with Gasteiger partial charge in [-0.2, -0.15) is 0 Å². The molecule has 25 heavy (non-hydrogen) atoms. The second-order valence-corrected chi connectivity index (χ2v) is 6.78. The van der Waals surface area contributed by atoms with Gasteiger partial charge in [-0.1, -0.05) is 5.16 Å². The van der Waals surface area contributed by atoms with Crippen molar-refractivity contribution < 1.29 is 14.1 Å². The van der Waals surface area contributed by atoms with Crippen LogP contribution in [0.15, 0.2) is 32.8 Å². The van der Waals surface area contributed by atoms with Crippen molar-refractivity contribution in [2.45, 2.75) is 9.99 Å². The maximum atomic E-state index is 11.5. The van der Waals surface area contributed by atoms with Gasteiger partial charge in [-0.05, 0) is 24.9 Å². The Labute approximate surface area is 150 Å². The molecule has 0 unspecified atom stereocenters. The minimum Gasteiger partial charge on any atom is -0.493 e. The minimum absolute atomic E-state index is 0.249. The molecule has 0 bridgehead atoms. The maximum absolute atomic E-state index is 11.5. The van der Waals surface area contributed by atoms with Crippen molar-refractivity contribution in [2.24, 2.45) is 0 Å². The number of likely N-dealkylation sites (N-methyl/N-ethyl adjacent to an activating group) is 1. The zero-order valence-corrected chi connectivity index (χ0v) is 15.3. The van der Waals surface area contributed by atoms with E-state index >= 15 is 0 Å². The molecule has 0 radical (unpaired) electrons. The molecule has 2 aromatic rings. The van der Waals surface area contributed by atoms with Crippen molar-refractivity contribution in [1.82, 2.24) is 20.4 Å². The van der Waals surface area contributed by atoms with Gasteiger partial charge in [-0.15, -0.1) is 0 Å². The van der Waals surface area contributed by atoms with Gasteiger partial charge in [0.15, 0.2) is 22.4 Å². The van der Waals surface area contributed by atoms with E-state index in [2.05, 4.69) is 32.3 Å². The van der Waals surface area contributed by atoms with Crippen LogP contribution in [-0.2, 0) is 0 Å². The molecule has 134 valence electrons. The SMILES string of the molecule is CNC(=O)c1cc(Sc2cnc(N3CCN(C)CC3)c(OC)c2)on1. The summed E-state index contributed by atoms with van der Waals surface area (Å²) >= 11 is 1.34. The lowest BCUT2D eigenvalue weighted by Gasteiger charge is -2.33. The molecule has 3 heterocycles. The molecule has 0 atom stereocenters. The largest absolute Gasteiger partial charge is 0.493 e. The summed E-state index contributed by atoms with van der Waals surface area (Å²) in [6, 6.07) is 3.53. The first-order valence-corrected chi connectivity index (χ1v) is 8.76. The number of amides is 1. The molecule has 0 aromatic carbocycles. The normalized spacial score (nSPS) is 15.2. The lowest BCUT2D eigenvalue weighted by atomic mass is 10.3. The zero-order chi connectivity index (χ0) is 17.8. The van der Waals surface area contributed by atoms with Gasteiger partial charge in [0.25, 0.3) is 5.91 Å². The van der Waals surface area contributed by atoms with Crippen molar-refractivity contribution in [3.63, 3.8) is 0 Å². The molecular formula is C16H21N5O3S. The highest BCUT2D eigenvalue weighted by atomic mass is 32.2. The van der Waals surface area contributed by atoms with Crippen molar-refractivity contribution in [1.29, 1.82) is 0 Å². The van der Waals surface area contributed by atoms with E-state index in [-0.39, 0.29) is 11.6 Å². The van der Waals surface area contributed by atoms with Gasteiger partial charge in [-0.3, -0.25) is 4.79 Å². The van der Waals surface area contributed by atoms with Gasteiger partial charge in [0.1, 0.15) is 0 Å². The molecule has 1 saturated heterocycles. The number of hydrogen-bond acceptors (Lipinski definition) is 8. The predicted octanol–water partition coefficient (Wildman–Crippen LogP) is 1.34. The van der Waals surface area contributed by atoms with Gasteiger partial charge < -0.3 is 24.4 Å². The van der Waals surface area contributed by atoms with Crippen LogP contribution in [0.1, 0.15) is 10.5 Å². The van der Waals surface area contributed by atoms with E-state index in [1.54, 1.807) is 26.4 Å². The highest BCUT2D eigenvalue weighted by Gasteiger charge is 2.20. The van der Waals surface area contributed by atoms with E-state index in [0.29, 0.717) is 5.09 Å². The third-order valence-corrected chi connectivity index (χ3v) is 4.85. The molecule has 0 spiro atoms. The number of carbonyl (C=O) groups excluding carboxylic acids is 1. The molecule has 1 amide bonds. The number of carbonyl (C=O) groups is 1. The smallest absolute Gasteiger partial charge is 0.273 e. The van der Waals surface area contributed by atoms with E-state index in [9.17, 15) is 4.79 Å². The van der Waals surface area contributed by atoms with Crippen LogP contribution in [0, 0.1) is 0 Å². The lowest BCUT2D eigenvalue weighted by Crippen LogP contribution is -2.44. The van der Waals surface area contributed by atoms with Crippen LogP contribution < -0.4 is 15.0 Å². The Kier molecular flexibility index (Phi) is 5.44. The molecule has 8 nitrogen and oxygen atoms in total. The number of nitrogens with one attached hydrogen (secondary N) is 1. The highest BCUT2D eigenvalue weighted by molar-refractivity contribution is 7.99. The molecule has 0 saturated carbocycles. The topological polar surface area (TPSA) is 83.7 Å². The van der Waals surface area contributed by atoms with Crippen molar-refractivity contribution in [2.75, 3.05) is 52.3 Å². The quantitative estimate of drug-likeness (QED) is 0.852. The average Bonchev–Trinajstić information content (AvgIpc) is 3.10. The molecule has 2 aromatic heterocycles. The Morgan fingerprint density at radius 2 is 2.08 bits per heavy atom. The summed E-state index contributed by atoms with van der Waals surface area (Å²) in [7, 11) is 5.31. The van der Waals surface area contributed by atoms with Crippen molar-refractivity contribution in [3.8, 4) is 5.75 Å². The molecule has 9 heteroatoms. The summed E-state index contributed by atoms with van der Waals surface area (Å²) in [6.45, 7) is 3.84. The number of aromatic nitrogens is 2. The fourth-order valence-corrected chi connectivity index (χ4v) is 3.29. The summed E-state index contributed by atoms with van der Waals surface area (Å²) in [6.07, 6.45) is 1.78. The van der Waals surface area contributed by atoms with Gasteiger partial charge in [0.2, 0.25) is 0 Å². The summed E-state index contributed by atoms with van der Waals surface area (Å²) in [4.78, 5) is 21.5. The lowest BCUT2D eigenvalue weighted by molar-refractivity contribution is 0.0953. The number of nitrogens with zero attached hydrogens (tertiary/aromatic N) is 4. The van der Waals surface area contributed by atoms with Crippen molar-refractivity contribution >= 4 is 23.5 Å². The molecule has 3 rings (SSSR count). The Morgan fingerprint density at radius 3 is 2.76 bits per heavy atom. The van der Waals surface area contributed by atoms with E-state index in [1.165, 1.54) is 11.8 Å². The van der Waals surface area contributed by atoms with E-state index in [0.717, 1.165) is 42.6 Å². The van der Waals surface area contributed by atoms with Gasteiger partial charge in [0.05, 0.1) is 7.11 Å². The standard InChI is InChI=1S/C16H21N5O3S/c1-17-16(22)12-9-14(24-19-12)25-11-8-13(23-3)15(18-10-11)21-6-4-20(2)5-7-21/h8-10H,4-7H2,1-3H3,(H,17,22). The number of methoxy groups -OCH3 is 1. The van der Waals surface area contributed by atoms with Crippen LogP contribution in [0.25, 0.3) is 0 Å². The van der Waals surface area contributed by atoms with Crippen LogP contribution in [0.5, 0.6) is 5.75 Å². The second-order valence-electron chi connectivity index (χ2n) is 5.70. The van der Waals surface area contributed by atoms with Crippen molar-refractivity contribution in [3.05, 3.63) is 24.0 Å². The van der Waals surface area contributed by atoms with Crippen LogP contribution in [-0.4, -0.2) is 68.3 Å². The Morgan fingerprint density at radius 1 is 1.32 bits per heavy atom. The summed E-state index contributed by atoms with van der Waals surface area (Å²) < 4.78 is 10.7. The number of piperazine rings is 1. The Bertz CT molecular complexity index is 743. The zero-order valence-electron chi connectivity index (χ0n) is 14.5. The third kappa shape index (κ3) is 4.05. The number of ether oxygens (including phenoxy) is 1. The molecule has 0 aliphatic carbocycles. The highest BCUT2D eigenvalue weighted by Crippen LogP contribution is 2.34. The fraction of sp³-hybridized carbons (Fsp3) is 0.438. The monoisotopic (exact) mass is 363 g/mol. The number of hydrogen-bond donors (Lipinski definition) is 1. The molecular weight excluding hydrogens is 342 g/mol. The first-order valence-electron chi connectivity index (χ1n) is 7.95. The van der Waals surface area contributed by atoms with Gasteiger partial charge in [-0.25, -0.2) is 4.98 Å². The summed E-state index contributed by atoms with van der Waals surface area (Å²) in [5.74, 6) is 1.29. The molecule has 1 aliphatic rings. The van der Waals surface area contributed by atoms with E-state index in [1.807, 2.05) is 6.07 Å². The fourth-order valence-electron chi connectivity index (χ4n) is 2.54. The second kappa shape index (κ2) is 7.75. The third-order valence-electron chi connectivity index (χ3n) is 4.00. The van der Waals surface area contributed by atoms with Crippen LogP contribution in [0.3, 0.4) is 0 Å². The maximum Gasteiger partial charge on any atom is 0.273 e. The summed E-state index contributed by atoms with van der Waals surface area (Å²) in [5.41, 5.74) is 0.249. The number of pyridine rings is 1. The molecule has 1 fully saturated rings. The van der Waals surface area contributed by atoms with Crippen LogP contribution in [0.4, 0.5) is 5.82 Å². The van der Waals surface area contributed by atoms with Crippen LogP contribution >= 0.6 is 11.8 Å². The van der Waals surface area contributed by atoms with Gasteiger partial charge >= 0.3 is 0 Å². The Hall–Kier alpha value is -2.26. The average molecular weight is 363 g/mol. The molecule has 1 N–H and O–H groups in total. The van der Waals surface area contributed by atoms with E-state index in [4.69, 9.17) is 9.26 Å². The molecule has 1 aliphatic heterocycles. The predicted molar refractivity (Wildman–Crippen MR) is 94.5 cm³/mol. The van der Waals surface area contributed by atoms with Crippen LogP contribution in [0.2, 0.25) is 0 Å².